The van der Waals surface area contributed by atoms with Gasteiger partial charge >= 0.3 is 6.61 Å². The van der Waals surface area contributed by atoms with E-state index in [0.717, 1.165) is 6.26 Å². The van der Waals surface area contributed by atoms with Crippen LogP contribution in [0.3, 0.4) is 0 Å². The van der Waals surface area contributed by atoms with Crippen molar-refractivity contribution in [1.29, 1.82) is 0 Å². The quantitative estimate of drug-likeness (QED) is 0.833. The van der Waals surface area contributed by atoms with Gasteiger partial charge in [0.25, 0.3) is 5.91 Å². The summed E-state index contributed by atoms with van der Waals surface area (Å²) in [5.74, 6) is -0.503. The number of anilines is 2. The molecule has 0 saturated carbocycles. The number of nitrogens with one attached hydrogen (secondary N) is 2. The van der Waals surface area contributed by atoms with E-state index in [1.54, 1.807) is 0 Å². The highest BCUT2D eigenvalue weighted by atomic mass is 32.2. The maximum atomic E-state index is 12.2. The van der Waals surface area contributed by atoms with E-state index in [4.69, 9.17) is 0 Å². The molecular formula is C15H14F2N2O4S. The number of rotatable bonds is 6. The number of carbonyl (C=O) groups excluding carboxylic acids is 1. The van der Waals surface area contributed by atoms with Gasteiger partial charge in [-0.3, -0.25) is 9.52 Å². The molecule has 0 aromatic heterocycles. The van der Waals surface area contributed by atoms with E-state index in [1.165, 1.54) is 48.5 Å². The van der Waals surface area contributed by atoms with E-state index in [2.05, 4.69) is 14.8 Å². The maximum absolute atomic E-state index is 12.2. The average molecular weight is 356 g/mol. The summed E-state index contributed by atoms with van der Waals surface area (Å²) in [4.78, 5) is 12.2. The molecule has 0 bridgehead atoms. The van der Waals surface area contributed by atoms with Gasteiger partial charge in [0.2, 0.25) is 10.0 Å². The van der Waals surface area contributed by atoms with E-state index < -0.39 is 22.5 Å². The highest BCUT2D eigenvalue weighted by molar-refractivity contribution is 7.92. The Labute approximate surface area is 137 Å². The maximum Gasteiger partial charge on any atom is 0.387 e. The first-order valence-corrected chi connectivity index (χ1v) is 8.56. The number of halogens is 2. The molecule has 0 saturated heterocycles. The van der Waals surface area contributed by atoms with E-state index in [0.29, 0.717) is 5.69 Å². The molecule has 2 aromatic rings. The highest BCUT2D eigenvalue weighted by Gasteiger charge is 2.09. The number of sulfonamides is 1. The first-order valence-electron chi connectivity index (χ1n) is 6.67. The van der Waals surface area contributed by atoms with E-state index >= 15 is 0 Å². The fourth-order valence-corrected chi connectivity index (χ4v) is 2.42. The van der Waals surface area contributed by atoms with Crippen molar-refractivity contribution in [2.24, 2.45) is 0 Å². The van der Waals surface area contributed by atoms with Crippen molar-refractivity contribution >= 4 is 27.3 Å². The Balaban J connectivity index is 2.08. The lowest BCUT2D eigenvalue weighted by Crippen LogP contribution is -2.14. The molecule has 1 amide bonds. The van der Waals surface area contributed by atoms with Crippen molar-refractivity contribution in [2.75, 3.05) is 16.3 Å². The van der Waals surface area contributed by atoms with Gasteiger partial charge in [-0.15, -0.1) is 0 Å². The topological polar surface area (TPSA) is 84.5 Å². The van der Waals surface area contributed by atoms with Crippen molar-refractivity contribution in [3.05, 3.63) is 54.1 Å². The van der Waals surface area contributed by atoms with Gasteiger partial charge in [0, 0.05) is 16.9 Å². The summed E-state index contributed by atoms with van der Waals surface area (Å²) in [5, 5.41) is 2.57. The molecule has 0 fully saturated rings. The van der Waals surface area contributed by atoms with Crippen LogP contribution in [-0.2, 0) is 10.0 Å². The molecule has 0 radical (unpaired) electrons. The minimum atomic E-state index is -3.45. The third kappa shape index (κ3) is 5.51. The fourth-order valence-electron chi connectivity index (χ4n) is 1.86. The second kappa shape index (κ2) is 7.26. The predicted octanol–water partition coefficient (Wildman–Crippen LogP) is 2.91. The van der Waals surface area contributed by atoms with Gasteiger partial charge in [-0.2, -0.15) is 8.78 Å². The lowest BCUT2D eigenvalue weighted by atomic mass is 10.2. The highest BCUT2D eigenvalue weighted by Crippen LogP contribution is 2.19. The molecule has 2 aromatic carbocycles. The number of hydrogen-bond donors (Lipinski definition) is 2. The smallest absolute Gasteiger partial charge is 0.387 e. The molecule has 0 aliphatic heterocycles. The van der Waals surface area contributed by atoms with Crippen LogP contribution in [0.5, 0.6) is 5.75 Å². The zero-order valence-corrected chi connectivity index (χ0v) is 13.3. The first kappa shape index (κ1) is 17.7. The zero-order valence-electron chi connectivity index (χ0n) is 12.5. The predicted molar refractivity (Wildman–Crippen MR) is 85.9 cm³/mol. The van der Waals surface area contributed by atoms with Crippen LogP contribution < -0.4 is 14.8 Å². The van der Waals surface area contributed by atoms with Crippen molar-refractivity contribution in [2.45, 2.75) is 6.61 Å². The Morgan fingerprint density at radius 1 is 1.08 bits per heavy atom. The van der Waals surface area contributed by atoms with E-state index in [-0.39, 0.29) is 17.0 Å². The second-order valence-electron chi connectivity index (χ2n) is 4.81. The van der Waals surface area contributed by atoms with Gasteiger partial charge in [-0.25, -0.2) is 8.42 Å². The largest absolute Gasteiger partial charge is 0.435 e. The Bertz CT molecular complexity index is 824. The standard InChI is InChI=1S/C15H14F2N2O4S/c1-24(21,22)19-12-4-2-3-10(9-12)14(20)18-11-5-7-13(8-6-11)23-15(16)17/h2-9,15,19H,1H3,(H,18,20). The normalized spacial score (nSPS) is 11.2. The second-order valence-corrected chi connectivity index (χ2v) is 6.56. The van der Waals surface area contributed by atoms with Gasteiger partial charge in [0.05, 0.1) is 6.26 Å². The Morgan fingerprint density at radius 3 is 2.33 bits per heavy atom. The van der Waals surface area contributed by atoms with Crippen LogP contribution in [-0.4, -0.2) is 27.2 Å². The Kier molecular flexibility index (Phi) is 5.35. The lowest BCUT2D eigenvalue weighted by molar-refractivity contribution is -0.0498. The van der Waals surface area contributed by atoms with Gasteiger partial charge in [-0.05, 0) is 42.5 Å². The Hall–Kier alpha value is -2.68. The third-order valence-electron chi connectivity index (χ3n) is 2.77. The number of carbonyl (C=O) groups is 1. The summed E-state index contributed by atoms with van der Waals surface area (Å²) in [6, 6.07) is 11.3. The van der Waals surface area contributed by atoms with Gasteiger partial charge in [0.15, 0.2) is 0 Å². The van der Waals surface area contributed by atoms with Crippen LogP contribution in [0.25, 0.3) is 0 Å². The van der Waals surface area contributed by atoms with Crippen LogP contribution in [0, 0.1) is 0 Å². The molecule has 0 aliphatic carbocycles. The van der Waals surface area contributed by atoms with Crippen LogP contribution in [0.2, 0.25) is 0 Å². The number of alkyl halides is 2. The number of amides is 1. The van der Waals surface area contributed by atoms with Crippen molar-refractivity contribution in [3.63, 3.8) is 0 Å². The van der Waals surface area contributed by atoms with Crippen LogP contribution in [0.1, 0.15) is 10.4 Å². The molecule has 24 heavy (non-hydrogen) atoms. The summed E-state index contributed by atoms with van der Waals surface area (Å²) in [7, 11) is -3.45. The molecule has 2 N–H and O–H groups in total. The zero-order chi connectivity index (χ0) is 17.7. The average Bonchev–Trinajstić information content (AvgIpc) is 2.47. The molecular weight excluding hydrogens is 342 g/mol. The molecule has 0 spiro atoms. The van der Waals surface area contributed by atoms with E-state index in [1.807, 2.05) is 0 Å². The lowest BCUT2D eigenvalue weighted by Gasteiger charge is -2.09. The molecule has 2 rings (SSSR count). The third-order valence-corrected chi connectivity index (χ3v) is 3.37. The summed E-state index contributed by atoms with van der Waals surface area (Å²) in [5.41, 5.74) is 0.866. The van der Waals surface area contributed by atoms with Gasteiger partial charge < -0.3 is 10.1 Å². The fraction of sp³-hybridized carbons (Fsp3) is 0.133. The molecule has 128 valence electrons. The molecule has 0 unspecified atom stereocenters. The minimum Gasteiger partial charge on any atom is -0.435 e. The van der Waals surface area contributed by atoms with Crippen LogP contribution in [0.15, 0.2) is 48.5 Å². The van der Waals surface area contributed by atoms with E-state index in [9.17, 15) is 22.0 Å². The molecule has 0 aliphatic rings. The Morgan fingerprint density at radius 2 is 1.75 bits per heavy atom. The van der Waals surface area contributed by atoms with Crippen molar-refractivity contribution in [1.82, 2.24) is 0 Å². The van der Waals surface area contributed by atoms with Crippen LogP contribution >= 0.6 is 0 Å². The van der Waals surface area contributed by atoms with Crippen LogP contribution in [0.4, 0.5) is 20.2 Å². The monoisotopic (exact) mass is 356 g/mol. The number of ether oxygens (including phenoxy) is 1. The van der Waals surface area contributed by atoms with Gasteiger partial charge in [-0.1, -0.05) is 6.07 Å². The summed E-state index contributed by atoms with van der Waals surface area (Å²) < 4.78 is 53.0. The minimum absolute atomic E-state index is 0.0256. The summed E-state index contributed by atoms with van der Waals surface area (Å²) in [6.45, 7) is -2.92. The molecule has 0 atom stereocenters. The molecule has 0 heterocycles. The first-order chi connectivity index (χ1) is 11.2. The summed E-state index contributed by atoms with van der Waals surface area (Å²) in [6.07, 6.45) is 1.00. The summed E-state index contributed by atoms with van der Waals surface area (Å²) >= 11 is 0. The number of hydrogen-bond acceptors (Lipinski definition) is 4. The molecule has 6 nitrogen and oxygen atoms in total. The molecule has 9 heteroatoms. The van der Waals surface area contributed by atoms with Gasteiger partial charge in [0.1, 0.15) is 5.75 Å². The SMILES string of the molecule is CS(=O)(=O)Nc1cccc(C(=O)Nc2ccc(OC(F)F)cc2)c1. The van der Waals surface area contributed by atoms with Crippen molar-refractivity contribution in [3.8, 4) is 5.75 Å². The number of benzene rings is 2. The van der Waals surface area contributed by atoms with Crippen molar-refractivity contribution < 1.29 is 26.7 Å².